The fraction of sp³-hybridized carbons (Fsp3) is 0.263. The van der Waals surface area contributed by atoms with E-state index in [0.717, 1.165) is 23.4 Å². The number of hydrogen-bond donors (Lipinski definition) is 1. The van der Waals surface area contributed by atoms with Gasteiger partial charge in [-0.3, -0.25) is 4.79 Å². The lowest BCUT2D eigenvalue weighted by Crippen LogP contribution is -2.22. The summed E-state index contributed by atoms with van der Waals surface area (Å²) < 4.78 is 18.1. The van der Waals surface area contributed by atoms with Crippen molar-refractivity contribution in [3.05, 3.63) is 76.1 Å². The Kier molecular flexibility index (Phi) is 4.45. The number of methoxy groups -OCH3 is 1. The summed E-state index contributed by atoms with van der Waals surface area (Å²) in [7, 11) is 1.46. The number of ether oxygens (including phenoxy) is 3. The minimum Gasteiger partial charge on any atom is -0.490 e. The zero-order chi connectivity index (χ0) is 17.9. The third-order valence-corrected chi connectivity index (χ3v) is 4.30. The minimum absolute atomic E-state index is 0.0879. The number of hydrogen-bond acceptors (Lipinski definition) is 6. The number of benzene rings is 1. The molecule has 26 heavy (non-hydrogen) atoms. The van der Waals surface area contributed by atoms with Gasteiger partial charge in [0.1, 0.15) is 6.10 Å². The van der Waals surface area contributed by atoms with E-state index in [0.29, 0.717) is 12.5 Å². The number of fused-ring (bicyclic) bond motifs is 1. The molecular formula is C19H19N3O4. The van der Waals surface area contributed by atoms with Crippen LogP contribution in [0.15, 0.2) is 64.9 Å². The van der Waals surface area contributed by atoms with Gasteiger partial charge in [-0.15, -0.1) is 0 Å². The molecule has 1 aromatic carbocycles. The molecule has 1 N–H and O–H groups in total. The molecule has 0 bridgehead atoms. The van der Waals surface area contributed by atoms with Crippen molar-refractivity contribution < 1.29 is 14.2 Å². The van der Waals surface area contributed by atoms with Gasteiger partial charge in [-0.05, 0) is 18.1 Å². The molecule has 1 aliphatic heterocycles. The molecule has 0 spiro atoms. The number of aromatic nitrogens is 2. The molecule has 4 rings (SSSR count). The van der Waals surface area contributed by atoms with Gasteiger partial charge >= 0.3 is 5.56 Å². The number of nitrogens with one attached hydrogen (secondary N) is 1. The van der Waals surface area contributed by atoms with E-state index < -0.39 is 5.56 Å². The third kappa shape index (κ3) is 3.21. The predicted molar refractivity (Wildman–Crippen MR) is 95.8 cm³/mol. The van der Waals surface area contributed by atoms with Gasteiger partial charge in [0, 0.05) is 0 Å². The van der Waals surface area contributed by atoms with Crippen LogP contribution in [0.5, 0.6) is 5.75 Å². The number of nitrogens with zero attached hydrogens (tertiary/aromatic N) is 2. The van der Waals surface area contributed by atoms with Crippen molar-refractivity contribution in [2.45, 2.75) is 19.1 Å². The lowest BCUT2D eigenvalue weighted by atomic mass is 10.1. The first-order chi connectivity index (χ1) is 12.7. The molecule has 7 nitrogen and oxygen atoms in total. The highest BCUT2D eigenvalue weighted by molar-refractivity contribution is 5.46. The minimum atomic E-state index is -0.426. The van der Waals surface area contributed by atoms with Crippen molar-refractivity contribution in [1.82, 2.24) is 9.55 Å². The van der Waals surface area contributed by atoms with Crippen LogP contribution in [0.3, 0.4) is 0 Å². The molecule has 0 amide bonds. The molecule has 1 aromatic heterocycles. The summed E-state index contributed by atoms with van der Waals surface area (Å²) in [6, 6.07) is 9.93. The quantitative estimate of drug-likeness (QED) is 0.889. The molecule has 2 heterocycles. The maximum Gasteiger partial charge on any atom is 0.316 e. The molecule has 1 aliphatic carbocycles. The second kappa shape index (κ2) is 7.05. The summed E-state index contributed by atoms with van der Waals surface area (Å²) >= 11 is 0. The van der Waals surface area contributed by atoms with Crippen molar-refractivity contribution >= 4 is 5.95 Å². The van der Waals surface area contributed by atoms with Crippen LogP contribution in [0.4, 0.5) is 5.95 Å². The first-order valence-electron chi connectivity index (χ1n) is 8.36. The summed E-state index contributed by atoms with van der Waals surface area (Å²) in [6.45, 7) is 0.777. The summed E-state index contributed by atoms with van der Waals surface area (Å²) in [6.07, 6.45) is 6.27. The van der Waals surface area contributed by atoms with Gasteiger partial charge in [0.15, 0.2) is 12.6 Å². The molecule has 2 aliphatic rings. The SMILES string of the molecule is COc1cn(Cc2ccccc2)c(NC2=C3OCOC3CC=C2)nc1=O. The van der Waals surface area contributed by atoms with Gasteiger partial charge in [0.2, 0.25) is 11.7 Å². The van der Waals surface area contributed by atoms with Crippen LogP contribution in [-0.2, 0) is 16.0 Å². The molecule has 1 saturated heterocycles. The molecular weight excluding hydrogens is 334 g/mol. The Balaban J connectivity index is 1.71. The molecule has 0 saturated carbocycles. The van der Waals surface area contributed by atoms with Crippen molar-refractivity contribution in [3.63, 3.8) is 0 Å². The van der Waals surface area contributed by atoms with Gasteiger partial charge in [0.25, 0.3) is 0 Å². The standard InChI is InChI=1S/C19H19N3O4/c1-24-16-11-22(10-13-6-3-2-4-7-13)19(21-18(16)23)20-14-8-5-9-15-17(14)26-12-25-15/h2-8,11,15H,9-10,12H2,1H3,(H,20,21,23). The van der Waals surface area contributed by atoms with E-state index in [2.05, 4.69) is 10.3 Å². The topological polar surface area (TPSA) is 74.6 Å². The Labute approximate surface area is 150 Å². The maximum absolute atomic E-state index is 12.2. The van der Waals surface area contributed by atoms with Gasteiger partial charge in [0.05, 0.1) is 25.5 Å². The van der Waals surface area contributed by atoms with E-state index in [1.54, 1.807) is 6.20 Å². The van der Waals surface area contributed by atoms with E-state index in [1.807, 2.05) is 47.1 Å². The van der Waals surface area contributed by atoms with E-state index >= 15 is 0 Å². The first-order valence-corrected chi connectivity index (χ1v) is 8.36. The number of allylic oxidation sites excluding steroid dienone is 1. The Morgan fingerprint density at radius 2 is 2.19 bits per heavy atom. The van der Waals surface area contributed by atoms with Crippen LogP contribution in [0.25, 0.3) is 0 Å². The van der Waals surface area contributed by atoms with Crippen LogP contribution in [-0.4, -0.2) is 29.6 Å². The maximum atomic E-state index is 12.2. The normalized spacial score (nSPS) is 18.4. The highest BCUT2D eigenvalue weighted by Gasteiger charge is 2.28. The zero-order valence-corrected chi connectivity index (χ0v) is 14.3. The Hall–Kier alpha value is -3.06. The smallest absolute Gasteiger partial charge is 0.316 e. The average Bonchev–Trinajstić information content (AvgIpc) is 3.14. The Bertz CT molecular complexity index is 918. The lowest BCUT2D eigenvalue weighted by Gasteiger charge is -2.19. The van der Waals surface area contributed by atoms with Crippen LogP contribution >= 0.6 is 0 Å². The van der Waals surface area contributed by atoms with Crippen LogP contribution in [0, 0.1) is 0 Å². The van der Waals surface area contributed by atoms with Gasteiger partial charge in [-0.25, -0.2) is 0 Å². The van der Waals surface area contributed by atoms with Gasteiger partial charge in [-0.2, -0.15) is 4.98 Å². The van der Waals surface area contributed by atoms with Crippen molar-refractivity contribution in [1.29, 1.82) is 0 Å². The molecule has 1 unspecified atom stereocenters. The fourth-order valence-corrected chi connectivity index (χ4v) is 3.00. The molecule has 1 fully saturated rings. The molecule has 1 atom stereocenters. The molecule has 134 valence electrons. The highest BCUT2D eigenvalue weighted by atomic mass is 16.7. The first kappa shape index (κ1) is 16.4. The lowest BCUT2D eigenvalue weighted by molar-refractivity contribution is 0.0508. The van der Waals surface area contributed by atoms with Gasteiger partial charge < -0.3 is 24.1 Å². The monoisotopic (exact) mass is 353 g/mol. The largest absolute Gasteiger partial charge is 0.490 e. The molecule has 2 aromatic rings. The van der Waals surface area contributed by atoms with E-state index in [4.69, 9.17) is 14.2 Å². The van der Waals surface area contributed by atoms with Crippen molar-refractivity contribution in [2.75, 3.05) is 19.2 Å². The van der Waals surface area contributed by atoms with Crippen LogP contribution in [0.1, 0.15) is 12.0 Å². The van der Waals surface area contributed by atoms with E-state index in [1.165, 1.54) is 7.11 Å². The van der Waals surface area contributed by atoms with E-state index in [-0.39, 0.29) is 18.6 Å². The second-order valence-electron chi connectivity index (χ2n) is 6.01. The number of rotatable bonds is 5. The fourth-order valence-electron chi connectivity index (χ4n) is 3.00. The molecule has 7 heteroatoms. The van der Waals surface area contributed by atoms with E-state index in [9.17, 15) is 4.79 Å². The predicted octanol–water partition coefficient (Wildman–Crippen LogP) is 2.26. The third-order valence-electron chi connectivity index (χ3n) is 4.30. The summed E-state index contributed by atoms with van der Waals surface area (Å²) in [5, 5.41) is 3.22. The van der Waals surface area contributed by atoms with Gasteiger partial charge in [-0.1, -0.05) is 36.4 Å². The van der Waals surface area contributed by atoms with Crippen LogP contribution in [0.2, 0.25) is 0 Å². The summed E-state index contributed by atoms with van der Waals surface area (Å²) in [4.78, 5) is 16.3. The second-order valence-corrected chi connectivity index (χ2v) is 6.01. The average molecular weight is 353 g/mol. The molecule has 0 radical (unpaired) electrons. The van der Waals surface area contributed by atoms with Crippen LogP contribution < -0.4 is 15.6 Å². The number of anilines is 1. The summed E-state index contributed by atoms with van der Waals surface area (Å²) in [5.41, 5.74) is 1.40. The zero-order valence-electron chi connectivity index (χ0n) is 14.3. The highest BCUT2D eigenvalue weighted by Crippen LogP contribution is 2.28. The summed E-state index contributed by atoms with van der Waals surface area (Å²) in [5.74, 6) is 1.36. The Morgan fingerprint density at radius 3 is 3.00 bits per heavy atom. The van der Waals surface area contributed by atoms with Crippen molar-refractivity contribution in [3.8, 4) is 5.75 Å². The Morgan fingerprint density at radius 1 is 1.35 bits per heavy atom. The van der Waals surface area contributed by atoms with Crippen molar-refractivity contribution in [2.24, 2.45) is 0 Å².